The second kappa shape index (κ2) is 8.95. The van der Waals surface area contributed by atoms with Crippen LogP contribution < -0.4 is 5.32 Å². The first-order chi connectivity index (χ1) is 17.9. The van der Waals surface area contributed by atoms with Gasteiger partial charge < -0.3 is 15.3 Å². The van der Waals surface area contributed by atoms with Gasteiger partial charge in [-0.1, -0.05) is 18.9 Å². The molecule has 1 spiro atoms. The second-order valence-corrected chi connectivity index (χ2v) is 9.88. The minimum absolute atomic E-state index is 0.00742. The van der Waals surface area contributed by atoms with Crippen LogP contribution in [0.15, 0.2) is 35.5 Å². The standard InChI is InChI=1S/C27H26F2N6O2/c1-15-27(7-2-3-8-27)18-10-17(11-19(28)25(18)31-15)24-20(29)12-30-26(34-24)33-22-5-4-16-13-35(23(37)14-36)9-6-21(16)32-22/h4-5,10-12,36H,2-3,6-9,13-14H2,1H3,(H,30,32,33,34). The van der Waals surface area contributed by atoms with E-state index in [4.69, 9.17) is 5.11 Å². The molecule has 2 aromatic heterocycles. The maximum absolute atomic E-state index is 15.1. The number of pyridine rings is 1. The van der Waals surface area contributed by atoms with Crippen LogP contribution in [0.2, 0.25) is 0 Å². The number of aromatic nitrogens is 3. The molecule has 8 nitrogen and oxygen atoms in total. The number of aliphatic imine (C=N–C) groups is 1. The van der Waals surface area contributed by atoms with E-state index in [0.29, 0.717) is 36.6 Å². The number of hydrogen-bond donors (Lipinski definition) is 2. The van der Waals surface area contributed by atoms with Gasteiger partial charge in [-0.3, -0.25) is 9.79 Å². The number of aliphatic hydroxyl groups excluding tert-OH is 1. The van der Waals surface area contributed by atoms with Crippen molar-refractivity contribution < 1.29 is 18.7 Å². The lowest BCUT2D eigenvalue weighted by molar-refractivity contribution is -0.135. The summed E-state index contributed by atoms with van der Waals surface area (Å²) >= 11 is 0. The Labute approximate surface area is 212 Å². The molecule has 10 heteroatoms. The van der Waals surface area contributed by atoms with Crippen molar-refractivity contribution >= 4 is 29.1 Å². The molecule has 1 aromatic carbocycles. The van der Waals surface area contributed by atoms with Crippen molar-refractivity contribution in [1.29, 1.82) is 0 Å². The van der Waals surface area contributed by atoms with Gasteiger partial charge in [-0.15, -0.1) is 0 Å². The molecule has 1 amide bonds. The Bertz CT molecular complexity index is 1450. The number of amides is 1. The fraction of sp³-hybridized carbons (Fsp3) is 0.370. The van der Waals surface area contributed by atoms with Crippen molar-refractivity contribution in [3.63, 3.8) is 0 Å². The van der Waals surface area contributed by atoms with Gasteiger partial charge in [-0.25, -0.2) is 23.7 Å². The highest BCUT2D eigenvalue weighted by Crippen LogP contribution is 2.52. The number of hydrogen-bond acceptors (Lipinski definition) is 7. The molecule has 190 valence electrons. The fourth-order valence-electron chi connectivity index (χ4n) is 5.84. The summed E-state index contributed by atoms with van der Waals surface area (Å²) < 4.78 is 30.1. The minimum atomic E-state index is -0.645. The van der Waals surface area contributed by atoms with Crippen LogP contribution in [0.3, 0.4) is 0 Å². The van der Waals surface area contributed by atoms with E-state index >= 15 is 4.39 Å². The molecule has 0 unspecified atom stereocenters. The quantitative estimate of drug-likeness (QED) is 0.548. The number of rotatable bonds is 4. The lowest BCUT2D eigenvalue weighted by atomic mass is 9.76. The molecule has 1 saturated carbocycles. The van der Waals surface area contributed by atoms with Crippen molar-refractivity contribution in [2.75, 3.05) is 18.5 Å². The Balaban J connectivity index is 1.29. The smallest absolute Gasteiger partial charge is 0.248 e. The normalized spacial score (nSPS) is 17.5. The zero-order valence-electron chi connectivity index (χ0n) is 20.4. The molecule has 0 radical (unpaired) electrons. The van der Waals surface area contributed by atoms with Gasteiger partial charge in [-0.2, -0.15) is 0 Å². The summed E-state index contributed by atoms with van der Waals surface area (Å²) in [5.41, 5.74) is 3.89. The Morgan fingerprint density at radius 3 is 2.76 bits per heavy atom. The summed E-state index contributed by atoms with van der Waals surface area (Å²) in [4.78, 5) is 31.0. The second-order valence-electron chi connectivity index (χ2n) is 9.88. The van der Waals surface area contributed by atoms with E-state index < -0.39 is 18.2 Å². The summed E-state index contributed by atoms with van der Waals surface area (Å²) in [5.74, 6) is -0.821. The van der Waals surface area contributed by atoms with Gasteiger partial charge >= 0.3 is 0 Å². The number of halogens is 2. The first-order valence-electron chi connectivity index (χ1n) is 12.4. The van der Waals surface area contributed by atoms with E-state index in [-0.39, 0.29) is 23.0 Å². The molecule has 2 aliphatic heterocycles. The number of benzene rings is 1. The van der Waals surface area contributed by atoms with Gasteiger partial charge in [0.2, 0.25) is 11.9 Å². The number of aliphatic hydroxyl groups is 1. The minimum Gasteiger partial charge on any atom is -0.387 e. The van der Waals surface area contributed by atoms with E-state index in [1.807, 2.05) is 19.1 Å². The monoisotopic (exact) mass is 504 g/mol. The fourth-order valence-corrected chi connectivity index (χ4v) is 5.84. The van der Waals surface area contributed by atoms with Crippen LogP contribution >= 0.6 is 0 Å². The average molecular weight is 505 g/mol. The Morgan fingerprint density at radius 2 is 1.97 bits per heavy atom. The lowest BCUT2D eigenvalue weighted by Crippen LogP contribution is -2.37. The molecule has 1 fully saturated rings. The van der Waals surface area contributed by atoms with Crippen LogP contribution in [-0.4, -0.2) is 49.7 Å². The van der Waals surface area contributed by atoms with Crippen LogP contribution in [0.25, 0.3) is 11.3 Å². The van der Waals surface area contributed by atoms with E-state index in [1.165, 1.54) is 6.07 Å². The van der Waals surface area contributed by atoms with Crippen molar-refractivity contribution in [2.45, 2.75) is 51.0 Å². The van der Waals surface area contributed by atoms with Gasteiger partial charge in [0.15, 0.2) is 5.82 Å². The van der Waals surface area contributed by atoms with Crippen molar-refractivity contribution in [1.82, 2.24) is 19.9 Å². The van der Waals surface area contributed by atoms with Crippen molar-refractivity contribution in [3.05, 3.63) is 58.9 Å². The predicted molar refractivity (Wildman–Crippen MR) is 134 cm³/mol. The van der Waals surface area contributed by atoms with E-state index in [9.17, 15) is 9.18 Å². The Morgan fingerprint density at radius 1 is 1.16 bits per heavy atom. The zero-order valence-corrected chi connectivity index (χ0v) is 20.4. The van der Waals surface area contributed by atoms with Crippen molar-refractivity contribution in [2.24, 2.45) is 4.99 Å². The number of nitrogens with zero attached hydrogens (tertiary/aromatic N) is 5. The topological polar surface area (TPSA) is 104 Å². The molecular formula is C27H26F2N6O2. The number of carbonyl (C=O) groups excluding carboxylic acids is 1. The highest BCUT2D eigenvalue weighted by Gasteiger charge is 2.44. The SMILES string of the molecule is CC1=Nc2c(F)cc(-c3nc(Nc4ccc5c(n4)CCN(C(=O)CO)C5)ncc3F)cc2C12CCCC2. The molecule has 2 N–H and O–H groups in total. The molecule has 6 rings (SSSR count). The third-order valence-electron chi connectivity index (χ3n) is 7.80. The predicted octanol–water partition coefficient (Wildman–Crippen LogP) is 4.36. The van der Waals surface area contributed by atoms with Crippen LogP contribution in [0.1, 0.15) is 49.4 Å². The Kier molecular flexibility index (Phi) is 5.71. The Hall–Kier alpha value is -3.79. The van der Waals surface area contributed by atoms with Crippen molar-refractivity contribution in [3.8, 4) is 11.3 Å². The molecule has 0 bridgehead atoms. The molecule has 3 aliphatic rings. The maximum Gasteiger partial charge on any atom is 0.248 e. The highest BCUT2D eigenvalue weighted by atomic mass is 19.1. The number of nitrogens with one attached hydrogen (secondary N) is 1. The summed E-state index contributed by atoms with van der Waals surface area (Å²) in [6.07, 6.45) is 5.54. The molecule has 0 saturated heterocycles. The van der Waals surface area contributed by atoms with E-state index in [2.05, 4.69) is 25.3 Å². The summed E-state index contributed by atoms with van der Waals surface area (Å²) in [5, 5.41) is 12.1. The first kappa shape index (κ1) is 23.6. The molecule has 0 atom stereocenters. The van der Waals surface area contributed by atoms with Gasteiger partial charge in [0.1, 0.15) is 29.6 Å². The largest absolute Gasteiger partial charge is 0.387 e. The molecule has 4 heterocycles. The van der Waals surface area contributed by atoms with Crippen LogP contribution in [0.5, 0.6) is 0 Å². The van der Waals surface area contributed by atoms with Crippen LogP contribution in [0, 0.1) is 11.6 Å². The number of fused-ring (bicyclic) bond motifs is 3. The lowest BCUT2D eigenvalue weighted by Gasteiger charge is -2.28. The number of carbonyl (C=O) groups is 1. The molecule has 1 aliphatic carbocycles. The van der Waals surface area contributed by atoms with Gasteiger partial charge in [0.25, 0.3) is 0 Å². The summed E-state index contributed by atoms with van der Waals surface area (Å²) in [6.45, 7) is 2.28. The summed E-state index contributed by atoms with van der Waals surface area (Å²) in [6, 6.07) is 6.70. The molecule has 3 aromatic rings. The zero-order chi connectivity index (χ0) is 25.7. The maximum atomic E-state index is 15.1. The molecule has 37 heavy (non-hydrogen) atoms. The van der Waals surface area contributed by atoms with Gasteiger partial charge in [-0.05, 0) is 49.1 Å². The third-order valence-corrected chi connectivity index (χ3v) is 7.80. The first-order valence-corrected chi connectivity index (χ1v) is 12.4. The molecular weight excluding hydrogens is 478 g/mol. The van der Waals surface area contributed by atoms with E-state index in [0.717, 1.165) is 54.4 Å². The van der Waals surface area contributed by atoms with Crippen LogP contribution in [0.4, 0.5) is 26.2 Å². The highest BCUT2D eigenvalue weighted by molar-refractivity contribution is 6.01. The third kappa shape index (κ3) is 3.96. The number of anilines is 2. The van der Waals surface area contributed by atoms with Gasteiger partial charge in [0, 0.05) is 41.9 Å². The van der Waals surface area contributed by atoms with E-state index in [1.54, 1.807) is 11.0 Å². The van der Waals surface area contributed by atoms with Crippen LogP contribution in [-0.2, 0) is 23.2 Å². The average Bonchev–Trinajstić information content (AvgIpc) is 3.51. The van der Waals surface area contributed by atoms with Gasteiger partial charge in [0.05, 0.1) is 6.20 Å². The summed E-state index contributed by atoms with van der Waals surface area (Å²) in [7, 11) is 0.